The third-order valence-electron chi connectivity index (χ3n) is 14.2. The van der Waals surface area contributed by atoms with Gasteiger partial charge in [0.2, 0.25) is 0 Å². The van der Waals surface area contributed by atoms with Crippen molar-refractivity contribution in [3.8, 4) is 77.9 Å². The molecule has 0 bridgehead atoms. The summed E-state index contributed by atoms with van der Waals surface area (Å²) in [6.45, 7) is 0. The minimum atomic E-state index is 1.16. The summed E-state index contributed by atoms with van der Waals surface area (Å²) < 4.78 is 0. The van der Waals surface area contributed by atoms with Gasteiger partial charge < -0.3 is 0 Å². The predicted octanol–water partition coefficient (Wildman–Crippen LogP) is 17.4. The van der Waals surface area contributed by atoms with Gasteiger partial charge in [0, 0.05) is 35.6 Å². The van der Waals surface area contributed by atoms with Crippen molar-refractivity contribution in [1.82, 2.24) is 9.97 Å². The Bertz CT molecular complexity index is 3930. The number of rotatable bonds is 3. The van der Waals surface area contributed by atoms with E-state index >= 15 is 0 Å². The van der Waals surface area contributed by atoms with Crippen molar-refractivity contribution in [1.29, 1.82) is 0 Å². The third kappa shape index (κ3) is 5.49. The van der Waals surface area contributed by atoms with Gasteiger partial charge in [-0.25, -0.2) is 0 Å². The van der Waals surface area contributed by atoms with E-state index in [-0.39, 0.29) is 0 Å². The molecule has 2 heteroatoms. The van der Waals surface area contributed by atoms with Crippen molar-refractivity contribution in [2.45, 2.75) is 0 Å². The molecule has 0 N–H and O–H groups in total. The lowest BCUT2D eigenvalue weighted by molar-refractivity contribution is 1.37. The second-order valence-corrected chi connectivity index (χ2v) is 17.6. The van der Waals surface area contributed by atoms with Crippen LogP contribution >= 0.6 is 0 Å². The van der Waals surface area contributed by atoms with E-state index in [1.54, 1.807) is 0 Å². The summed E-state index contributed by atoms with van der Waals surface area (Å²) in [6, 6.07) is 76.7. The summed E-state index contributed by atoms with van der Waals surface area (Å²) in [6.07, 6.45) is 7.87. The standard InChI is InChI=1S/C64H38N2/c1-2-13-46-45(12-1)47-14-3-6-17-51(47)59-23-11-22-44(64(59)58-21-10-9-18-50(46)58)43-33-41(39-24-26-54-48-15-4-7-19-52(48)62-37-65-30-28-56(62)60(54)35-39)32-42(34-43)40-25-27-55-49-16-5-8-20-53(49)63-38-66-31-29-57(63)61(55)36-40/h1-38H. The molecule has 304 valence electrons. The average Bonchev–Trinajstić information content (AvgIpc) is 3.40. The quantitative estimate of drug-likeness (QED) is 0.166. The van der Waals surface area contributed by atoms with E-state index in [0.717, 1.165) is 11.1 Å². The van der Waals surface area contributed by atoms with Crippen LogP contribution in [0.1, 0.15) is 0 Å². The Morgan fingerprint density at radius 2 is 0.545 bits per heavy atom. The lowest BCUT2D eigenvalue weighted by Crippen LogP contribution is -1.99. The number of nitrogens with zero attached hydrogens (tertiary/aromatic N) is 2. The number of aromatic nitrogens is 2. The molecular weight excluding hydrogens is 797 g/mol. The van der Waals surface area contributed by atoms with Crippen LogP contribution in [0.15, 0.2) is 231 Å². The largest absolute Gasteiger partial charge is 0.264 e. The van der Waals surface area contributed by atoms with Crippen LogP contribution in [0, 0.1) is 0 Å². The van der Waals surface area contributed by atoms with E-state index < -0.39 is 0 Å². The fraction of sp³-hybridized carbons (Fsp3) is 0. The fourth-order valence-electron chi connectivity index (χ4n) is 11.2. The van der Waals surface area contributed by atoms with E-state index in [9.17, 15) is 0 Å². The van der Waals surface area contributed by atoms with E-state index in [4.69, 9.17) is 0 Å². The molecule has 1 aliphatic carbocycles. The summed E-state index contributed by atoms with van der Waals surface area (Å²) >= 11 is 0. The van der Waals surface area contributed by atoms with Gasteiger partial charge in [-0.1, -0.05) is 164 Å². The molecule has 0 atom stereocenters. The Balaban J connectivity index is 1.07. The van der Waals surface area contributed by atoms with Crippen molar-refractivity contribution >= 4 is 64.6 Å². The van der Waals surface area contributed by atoms with Crippen LogP contribution < -0.4 is 0 Å². The molecule has 2 heterocycles. The topological polar surface area (TPSA) is 25.8 Å². The Hall–Kier alpha value is -8.72. The van der Waals surface area contributed by atoms with Gasteiger partial charge in [0.15, 0.2) is 0 Å². The molecule has 0 radical (unpaired) electrons. The summed E-state index contributed by atoms with van der Waals surface area (Å²) in [5.74, 6) is 0. The molecule has 0 fully saturated rings. The number of fused-ring (bicyclic) bond motifs is 20. The maximum absolute atomic E-state index is 4.58. The van der Waals surface area contributed by atoms with Gasteiger partial charge in [0.1, 0.15) is 0 Å². The van der Waals surface area contributed by atoms with E-state index in [2.05, 4.69) is 216 Å². The van der Waals surface area contributed by atoms with Crippen LogP contribution in [0.25, 0.3) is 143 Å². The lowest BCUT2D eigenvalue weighted by atomic mass is 9.78. The Morgan fingerprint density at radius 1 is 0.197 bits per heavy atom. The molecule has 0 amide bonds. The van der Waals surface area contributed by atoms with Gasteiger partial charge in [0.05, 0.1) is 0 Å². The molecule has 1 aliphatic rings. The van der Waals surface area contributed by atoms with Crippen LogP contribution in [0.5, 0.6) is 0 Å². The van der Waals surface area contributed by atoms with Crippen LogP contribution in [-0.4, -0.2) is 9.97 Å². The molecule has 11 aromatic carbocycles. The van der Waals surface area contributed by atoms with Gasteiger partial charge in [0.25, 0.3) is 0 Å². The lowest BCUT2D eigenvalue weighted by Gasteiger charge is -2.25. The Morgan fingerprint density at radius 3 is 1.05 bits per heavy atom. The molecule has 14 rings (SSSR count). The SMILES string of the molecule is c1ccc2c(c1)-c1ccccc1-c1cccc(-c3cc(-c4ccc5c6ccccc6c6cnccc6c5c4)cc(-c4ccc5c6ccccc6c6cnccc6c5c4)c3)c1-c1ccccc1-2. The van der Waals surface area contributed by atoms with Gasteiger partial charge in [-0.3, -0.25) is 9.97 Å². The normalized spacial score (nSPS) is 11.9. The molecule has 0 aliphatic heterocycles. The highest BCUT2D eigenvalue weighted by Crippen LogP contribution is 2.51. The number of benzene rings is 11. The summed E-state index contributed by atoms with van der Waals surface area (Å²) in [4.78, 5) is 9.17. The second-order valence-electron chi connectivity index (χ2n) is 17.6. The first kappa shape index (κ1) is 36.7. The van der Waals surface area contributed by atoms with Gasteiger partial charge >= 0.3 is 0 Å². The van der Waals surface area contributed by atoms with Crippen LogP contribution in [0.2, 0.25) is 0 Å². The highest BCUT2D eigenvalue weighted by atomic mass is 14.6. The number of hydrogen-bond acceptors (Lipinski definition) is 2. The molecule has 0 unspecified atom stereocenters. The van der Waals surface area contributed by atoms with Gasteiger partial charge in [-0.2, -0.15) is 0 Å². The minimum absolute atomic E-state index is 1.16. The van der Waals surface area contributed by atoms with Crippen LogP contribution in [0.3, 0.4) is 0 Å². The monoisotopic (exact) mass is 834 g/mol. The molecule has 0 spiro atoms. The molecule has 66 heavy (non-hydrogen) atoms. The first-order valence-corrected chi connectivity index (χ1v) is 22.7. The predicted molar refractivity (Wildman–Crippen MR) is 279 cm³/mol. The third-order valence-corrected chi connectivity index (χ3v) is 14.2. The Labute approximate surface area is 381 Å². The van der Waals surface area contributed by atoms with Crippen molar-refractivity contribution in [3.05, 3.63) is 231 Å². The fourth-order valence-corrected chi connectivity index (χ4v) is 11.2. The van der Waals surface area contributed by atoms with E-state index in [0.29, 0.717) is 0 Å². The van der Waals surface area contributed by atoms with Crippen molar-refractivity contribution in [2.75, 3.05) is 0 Å². The maximum atomic E-state index is 4.58. The average molecular weight is 835 g/mol. The second kappa shape index (κ2) is 14.4. The molecular formula is C64H38N2. The molecule has 13 aromatic rings. The smallest absolute Gasteiger partial charge is 0.0352 e. The summed E-state index contributed by atoms with van der Waals surface area (Å²) in [7, 11) is 0. The highest BCUT2D eigenvalue weighted by molar-refractivity contribution is 6.27. The highest BCUT2D eigenvalue weighted by Gasteiger charge is 2.25. The van der Waals surface area contributed by atoms with E-state index in [1.807, 2.05) is 24.8 Å². The molecule has 2 aromatic heterocycles. The van der Waals surface area contributed by atoms with Crippen LogP contribution in [-0.2, 0) is 0 Å². The van der Waals surface area contributed by atoms with Crippen molar-refractivity contribution in [2.24, 2.45) is 0 Å². The van der Waals surface area contributed by atoms with Crippen molar-refractivity contribution < 1.29 is 0 Å². The molecule has 0 saturated carbocycles. The van der Waals surface area contributed by atoms with E-state index in [1.165, 1.54) is 131 Å². The summed E-state index contributed by atoms with van der Waals surface area (Å²) in [5.41, 5.74) is 16.9. The maximum Gasteiger partial charge on any atom is 0.0352 e. The van der Waals surface area contributed by atoms with Crippen LogP contribution in [0.4, 0.5) is 0 Å². The first-order valence-electron chi connectivity index (χ1n) is 22.7. The number of pyridine rings is 2. The summed E-state index contributed by atoms with van der Waals surface area (Å²) in [5, 5.41) is 14.6. The molecule has 0 saturated heterocycles. The van der Waals surface area contributed by atoms with Crippen molar-refractivity contribution in [3.63, 3.8) is 0 Å². The first-order chi connectivity index (χ1) is 32.7. The minimum Gasteiger partial charge on any atom is -0.264 e. The number of hydrogen-bond donors (Lipinski definition) is 0. The zero-order valence-corrected chi connectivity index (χ0v) is 35.8. The molecule has 2 nitrogen and oxygen atoms in total. The van der Waals surface area contributed by atoms with Gasteiger partial charge in [-0.05, 0) is 174 Å². The van der Waals surface area contributed by atoms with Gasteiger partial charge in [-0.15, -0.1) is 0 Å². The zero-order valence-electron chi connectivity index (χ0n) is 35.8. The Kier molecular flexibility index (Phi) is 8.02. The zero-order chi connectivity index (χ0) is 43.3.